The van der Waals surface area contributed by atoms with E-state index in [1.165, 1.54) is 17.0 Å². The van der Waals surface area contributed by atoms with Gasteiger partial charge in [0.05, 0.1) is 11.7 Å². The highest BCUT2D eigenvalue weighted by molar-refractivity contribution is 7.88. The standard InChI is InChI=1S/C16H29N3O3S.ClH/c1-18(23(2,21)22)14-6-9-19(10-7-14)15(20)16-8-4-3-5-13(16)11-17-12-16;/h13-14,17H,3-12H2,1-2H3;1H/t13-,16+;/m0./s1. The van der Waals surface area contributed by atoms with E-state index in [9.17, 15) is 13.2 Å². The number of sulfonamides is 1. The summed E-state index contributed by atoms with van der Waals surface area (Å²) in [5.74, 6) is 0.799. The molecule has 8 heteroatoms. The molecule has 2 heterocycles. The maximum Gasteiger partial charge on any atom is 0.230 e. The maximum atomic E-state index is 13.2. The number of nitrogens with zero attached hydrogens (tertiary/aromatic N) is 2. The number of carbonyl (C=O) groups excluding carboxylic acids is 1. The molecule has 0 aromatic heterocycles. The Labute approximate surface area is 151 Å². The highest BCUT2D eigenvalue weighted by Crippen LogP contribution is 2.45. The lowest BCUT2D eigenvalue weighted by Crippen LogP contribution is -2.54. The van der Waals surface area contributed by atoms with Gasteiger partial charge < -0.3 is 10.2 Å². The van der Waals surface area contributed by atoms with Crippen LogP contribution in [0.2, 0.25) is 0 Å². The van der Waals surface area contributed by atoms with Gasteiger partial charge in [-0.25, -0.2) is 12.7 Å². The molecule has 0 spiro atoms. The van der Waals surface area contributed by atoms with Crippen LogP contribution in [0.4, 0.5) is 0 Å². The van der Waals surface area contributed by atoms with Gasteiger partial charge >= 0.3 is 0 Å². The SMILES string of the molecule is CN(C1CCN(C(=O)[C@@]23CCCC[C@H]2CNC3)CC1)S(C)(=O)=O.Cl. The Morgan fingerprint density at radius 1 is 1.21 bits per heavy atom. The lowest BCUT2D eigenvalue weighted by Gasteiger charge is -2.43. The summed E-state index contributed by atoms with van der Waals surface area (Å²) in [6.07, 6.45) is 7.28. The van der Waals surface area contributed by atoms with Crippen molar-refractivity contribution in [3.05, 3.63) is 0 Å². The van der Waals surface area contributed by atoms with Gasteiger partial charge in [0.15, 0.2) is 0 Å². The molecule has 0 radical (unpaired) electrons. The Morgan fingerprint density at radius 2 is 1.88 bits per heavy atom. The summed E-state index contributed by atoms with van der Waals surface area (Å²) in [4.78, 5) is 15.2. The number of hydrogen-bond acceptors (Lipinski definition) is 4. The van der Waals surface area contributed by atoms with E-state index in [4.69, 9.17) is 0 Å². The first kappa shape index (κ1) is 19.9. The number of piperidine rings is 1. The minimum absolute atomic E-state index is 0. The normalized spacial score (nSPS) is 31.6. The molecule has 140 valence electrons. The first-order chi connectivity index (χ1) is 10.8. The quantitative estimate of drug-likeness (QED) is 0.796. The zero-order valence-corrected chi connectivity index (χ0v) is 16.3. The van der Waals surface area contributed by atoms with Crippen molar-refractivity contribution in [3.8, 4) is 0 Å². The molecule has 1 aliphatic carbocycles. The molecule has 0 aromatic carbocycles. The van der Waals surface area contributed by atoms with E-state index in [1.54, 1.807) is 7.05 Å². The lowest BCUT2D eigenvalue weighted by molar-refractivity contribution is -0.146. The molecule has 2 atom stereocenters. The van der Waals surface area contributed by atoms with Gasteiger partial charge in [0, 0.05) is 32.7 Å². The fourth-order valence-corrected chi connectivity index (χ4v) is 5.44. The second-order valence-corrected chi connectivity index (χ2v) is 9.57. The molecule has 3 fully saturated rings. The Balaban J connectivity index is 0.00000208. The van der Waals surface area contributed by atoms with Crippen molar-refractivity contribution >= 4 is 28.3 Å². The molecule has 0 aromatic rings. The number of carbonyl (C=O) groups is 1. The number of halogens is 1. The summed E-state index contributed by atoms with van der Waals surface area (Å²) in [6, 6.07) is 0.0235. The summed E-state index contributed by atoms with van der Waals surface area (Å²) >= 11 is 0. The fraction of sp³-hybridized carbons (Fsp3) is 0.938. The van der Waals surface area contributed by atoms with Crippen LogP contribution in [0.3, 0.4) is 0 Å². The van der Waals surface area contributed by atoms with Crippen LogP contribution >= 0.6 is 12.4 Å². The van der Waals surface area contributed by atoms with E-state index in [2.05, 4.69) is 5.32 Å². The van der Waals surface area contributed by atoms with E-state index in [0.717, 1.165) is 45.2 Å². The van der Waals surface area contributed by atoms with Gasteiger partial charge in [-0.15, -0.1) is 12.4 Å². The largest absolute Gasteiger partial charge is 0.342 e. The molecule has 3 rings (SSSR count). The zero-order chi connectivity index (χ0) is 16.7. The molecular formula is C16H30ClN3O3S. The molecule has 1 saturated carbocycles. The van der Waals surface area contributed by atoms with Crippen LogP contribution in [-0.2, 0) is 14.8 Å². The van der Waals surface area contributed by atoms with Crippen molar-refractivity contribution in [2.75, 3.05) is 39.5 Å². The molecule has 0 bridgehead atoms. The Morgan fingerprint density at radius 3 is 2.50 bits per heavy atom. The predicted octanol–water partition coefficient (Wildman–Crippen LogP) is 1.07. The summed E-state index contributed by atoms with van der Waals surface area (Å²) in [5.41, 5.74) is -0.187. The average Bonchev–Trinajstić information content (AvgIpc) is 2.98. The zero-order valence-electron chi connectivity index (χ0n) is 14.7. The third-order valence-corrected chi connectivity index (χ3v) is 7.60. The van der Waals surface area contributed by atoms with Crippen LogP contribution in [0.5, 0.6) is 0 Å². The Bertz CT molecular complexity index is 563. The number of rotatable bonds is 3. The Kier molecular flexibility index (Phi) is 6.21. The molecule has 24 heavy (non-hydrogen) atoms. The Hall–Kier alpha value is -0.370. The van der Waals surface area contributed by atoms with Gasteiger partial charge in [-0.1, -0.05) is 12.8 Å². The van der Waals surface area contributed by atoms with E-state index in [-0.39, 0.29) is 23.9 Å². The first-order valence-electron chi connectivity index (χ1n) is 8.78. The van der Waals surface area contributed by atoms with Crippen LogP contribution in [0.1, 0.15) is 38.5 Å². The van der Waals surface area contributed by atoms with Gasteiger partial charge in [-0.05, 0) is 38.1 Å². The van der Waals surface area contributed by atoms with E-state index >= 15 is 0 Å². The van der Waals surface area contributed by atoms with Crippen molar-refractivity contribution in [1.82, 2.24) is 14.5 Å². The summed E-state index contributed by atoms with van der Waals surface area (Å²) in [5, 5.41) is 3.44. The van der Waals surface area contributed by atoms with Crippen LogP contribution < -0.4 is 5.32 Å². The van der Waals surface area contributed by atoms with Gasteiger partial charge in [0.25, 0.3) is 0 Å². The molecule has 1 N–H and O–H groups in total. The van der Waals surface area contributed by atoms with Crippen molar-refractivity contribution in [2.24, 2.45) is 11.3 Å². The fourth-order valence-electron chi connectivity index (χ4n) is 4.69. The molecule has 3 aliphatic rings. The average molecular weight is 380 g/mol. The van der Waals surface area contributed by atoms with E-state index in [0.29, 0.717) is 24.9 Å². The monoisotopic (exact) mass is 379 g/mol. The smallest absolute Gasteiger partial charge is 0.230 e. The first-order valence-corrected chi connectivity index (χ1v) is 10.6. The molecule has 1 amide bonds. The topological polar surface area (TPSA) is 69.7 Å². The highest BCUT2D eigenvalue weighted by atomic mass is 35.5. The van der Waals surface area contributed by atoms with Gasteiger partial charge in [-0.2, -0.15) is 0 Å². The predicted molar refractivity (Wildman–Crippen MR) is 96.7 cm³/mol. The minimum Gasteiger partial charge on any atom is -0.342 e. The summed E-state index contributed by atoms with van der Waals surface area (Å²) < 4.78 is 24.8. The van der Waals surface area contributed by atoms with Gasteiger partial charge in [0.1, 0.15) is 0 Å². The second-order valence-electron chi connectivity index (χ2n) is 7.53. The third-order valence-electron chi connectivity index (χ3n) is 6.25. The third kappa shape index (κ3) is 3.59. The van der Waals surface area contributed by atoms with Crippen LogP contribution in [0.25, 0.3) is 0 Å². The summed E-state index contributed by atoms with van der Waals surface area (Å²) in [6.45, 7) is 3.15. The highest BCUT2D eigenvalue weighted by Gasteiger charge is 2.51. The van der Waals surface area contributed by atoms with Gasteiger partial charge in [0.2, 0.25) is 15.9 Å². The van der Waals surface area contributed by atoms with Crippen LogP contribution in [0.15, 0.2) is 0 Å². The van der Waals surface area contributed by atoms with Crippen molar-refractivity contribution in [2.45, 2.75) is 44.6 Å². The van der Waals surface area contributed by atoms with E-state index in [1.807, 2.05) is 4.90 Å². The van der Waals surface area contributed by atoms with Crippen molar-refractivity contribution < 1.29 is 13.2 Å². The van der Waals surface area contributed by atoms with Crippen LogP contribution in [0, 0.1) is 11.3 Å². The maximum absolute atomic E-state index is 13.2. The molecular weight excluding hydrogens is 350 g/mol. The van der Waals surface area contributed by atoms with Crippen LogP contribution in [-0.4, -0.2) is 69.1 Å². The number of amides is 1. The molecule has 0 unspecified atom stereocenters. The minimum atomic E-state index is -3.16. The van der Waals surface area contributed by atoms with Crippen molar-refractivity contribution in [3.63, 3.8) is 0 Å². The number of nitrogens with one attached hydrogen (secondary N) is 1. The van der Waals surface area contributed by atoms with Crippen molar-refractivity contribution in [1.29, 1.82) is 0 Å². The number of hydrogen-bond donors (Lipinski definition) is 1. The molecule has 6 nitrogen and oxygen atoms in total. The van der Waals surface area contributed by atoms with E-state index < -0.39 is 10.0 Å². The molecule has 2 saturated heterocycles. The number of fused-ring (bicyclic) bond motifs is 1. The number of likely N-dealkylation sites (tertiary alicyclic amines) is 1. The second kappa shape index (κ2) is 7.48. The van der Waals surface area contributed by atoms with Gasteiger partial charge in [-0.3, -0.25) is 4.79 Å². The summed E-state index contributed by atoms with van der Waals surface area (Å²) in [7, 11) is -1.51. The molecule has 2 aliphatic heterocycles. The lowest BCUT2D eigenvalue weighted by atomic mass is 9.67.